The SMILES string of the molecule is O=C(c1cccc(N2CCCC2=O)c1)N1CCC(Oc2cccc(CN3CCN(Cc4cccnc4)CC3)c2)CC1. The van der Waals surface area contributed by atoms with E-state index in [4.69, 9.17) is 4.74 Å². The van der Waals surface area contributed by atoms with Gasteiger partial charge in [-0.15, -0.1) is 0 Å². The van der Waals surface area contributed by atoms with Gasteiger partial charge in [0.25, 0.3) is 5.91 Å². The number of aromatic nitrogens is 1. The van der Waals surface area contributed by atoms with Gasteiger partial charge < -0.3 is 14.5 Å². The first kappa shape index (κ1) is 27.4. The van der Waals surface area contributed by atoms with E-state index in [2.05, 4.69) is 39.0 Å². The minimum atomic E-state index is 0.0273. The molecule has 41 heavy (non-hydrogen) atoms. The van der Waals surface area contributed by atoms with E-state index < -0.39 is 0 Å². The van der Waals surface area contributed by atoms with E-state index in [0.717, 1.165) is 76.5 Å². The molecule has 1 aromatic heterocycles. The van der Waals surface area contributed by atoms with Crippen LogP contribution in [0, 0.1) is 0 Å². The van der Waals surface area contributed by atoms with Gasteiger partial charge in [-0.2, -0.15) is 0 Å². The van der Waals surface area contributed by atoms with Crippen LogP contribution in [0.25, 0.3) is 0 Å². The summed E-state index contributed by atoms with van der Waals surface area (Å²) in [5, 5.41) is 0. The van der Waals surface area contributed by atoms with Crippen LogP contribution in [-0.4, -0.2) is 83.4 Å². The Bertz CT molecular complexity index is 1330. The molecule has 0 aliphatic carbocycles. The average Bonchev–Trinajstić information content (AvgIpc) is 3.45. The van der Waals surface area contributed by atoms with Crippen LogP contribution >= 0.6 is 0 Å². The molecule has 0 saturated carbocycles. The molecule has 0 atom stereocenters. The number of ether oxygens (including phenoxy) is 1. The predicted molar refractivity (Wildman–Crippen MR) is 159 cm³/mol. The molecule has 0 bridgehead atoms. The Kier molecular flexibility index (Phi) is 8.58. The molecule has 4 heterocycles. The maximum absolute atomic E-state index is 13.2. The van der Waals surface area contributed by atoms with Gasteiger partial charge in [0.15, 0.2) is 0 Å². The summed E-state index contributed by atoms with van der Waals surface area (Å²) in [5.41, 5.74) is 4.01. The highest BCUT2D eigenvalue weighted by Gasteiger charge is 2.27. The van der Waals surface area contributed by atoms with E-state index in [9.17, 15) is 9.59 Å². The zero-order valence-corrected chi connectivity index (χ0v) is 23.7. The molecule has 8 nitrogen and oxygen atoms in total. The molecule has 0 radical (unpaired) electrons. The van der Waals surface area contributed by atoms with Crippen molar-refractivity contribution in [3.63, 3.8) is 0 Å². The fourth-order valence-corrected chi connectivity index (χ4v) is 6.11. The third kappa shape index (κ3) is 6.94. The normalized spacial score (nSPS) is 19.1. The maximum Gasteiger partial charge on any atom is 0.253 e. The Morgan fingerprint density at radius 3 is 2.27 bits per heavy atom. The molecule has 3 aliphatic heterocycles. The molecule has 0 unspecified atom stereocenters. The van der Waals surface area contributed by atoms with E-state index in [0.29, 0.717) is 25.1 Å². The number of piperidine rings is 1. The van der Waals surface area contributed by atoms with Crippen molar-refractivity contribution in [3.8, 4) is 5.75 Å². The first-order chi connectivity index (χ1) is 20.1. The standard InChI is InChI=1S/C33H39N5O3/c39-32-10-4-14-38(32)29-8-2-7-28(22-29)33(40)37-15-11-30(12-16-37)41-31-9-1-5-26(21-31)24-35-17-19-36(20-18-35)25-27-6-3-13-34-23-27/h1-3,5-9,13,21-23,30H,4,10-12,14-20,24-25H2. The van der Waals surface area contributed by atoms with Crippen molar-refractivity contribution >= 4 is 17.5 Å². The second kappa shape index (κ2) is 12.8. The molecular formula is C33H39N5O3. The highest BCUT2D eigenvalue weighted by Crippen LogP contribution is 2.25. The Hall–Kier alpha value is -3.75. The minimum Gasteiger partial charge on any atom is -0.490 e. The minimum absolute atomic E-state index is 0.0273. The van der Waals surface area contributed by atoms with Crippen molar-refractivity contribution in [1.82, 2.24) is 19.7 Å². The highest BCUT2D eigenvalue weighted by atomic mass is 16.5. The summed E-state index contributed by atoms with van der Waals surface area (Å²) in [6.07, 6.45) is 6.94. The molecule has 3 aromatic rings. The van der Waals surface area contributed by atoms with Gasteiger partial charge in [-0.25, -0.2) is 0 Å². The van der Waals surface area contributed by atoms with E-state index in [-0.39, 0.29) is 17.9 Å². The van der Waals surface area contributed by atoms with E-state index >= 15 is 0 Å². The van der Waals surface area contributed by atoms with Crippen LogP contribution in [-0.2, 0) is 17.9 Å². The van der Waals surface area contributed by atoms with Gasteiger partial charge in [-0.1, -0.05) is 24.3 Å². The van der Waals surface area contributed by atoms with Gasteiger partial charge in [0.05, 0.1) is 0 Å². The fourth-order valence-electron chi connectivity index (χ4n) is 6.11. The Labute approximate surface area is 242 Å². The fraction of sp³-hybridized carbons (Fsp3) is 0.424. The van der Waals surface area contributed by atoms with E-state index in [1.54, 1.807) is 4.90 Å². The van der Waals surface area contributed by atoms with Gasteiger partial charge in [-0.3, -0.25) is 24.4 Å². The molecule has 3 aliphatic rings. The topological polar surface area (TPSA) is 69.2 Å². The molecular weight excluding hydrogens is 514 g/mol. The second-order valence-corrected chi connectivity index (χ2v) is 11.4. The lowest BCUT2D eigenvalue weighted by atomic mass is 10.1. The Balaban J connectivity index is 0.966. The van der Waals surface area contributed by atoms with Gasteiger partial charge >= 0.3 is 0 Å². The van der Waals surface area contributed by atoms with Crippen molar-refractivity contribution in [2.75, 3.05) is 50.7 Å². The number of pyridine rings is 1. The molecule has 6 rings (SSSR count). The molecule has 8 heteroatoms. The molecule has 2 amide bonds. The number of hydrogen-bond donors (Lipinski definition) is 0. The summed E-state index contributed by atoms with van der Waals surface area (Å²) in [5.74, 6) is 1.07. The van der Waals surface area contributed by atoms with E-state index in [1.165, 1.54) is 11.1 Å². The van der Waals surface area contributed by atoms with Crippen molar-refractivity contribution in [3.05, 3.63) is 89.7 Å². The summed E-state index contributed by atoms with van der Waals surface area (Å²) in [6, 6.07) is 20.1. The number of amides is 2. The van der Waals surface area contributed by atoms with Crippen LogP contribution in [0.15, 0.2) is 73.1 Å². The average molecular weight is 554 g/mol. The Morgan fingerprint density at radius 1 is 0.829 bits per heavy atom. The van der Waals surface area contributed by atoms with E-state index in [1.807, 2.05) is 53.7 Å². The number of piperazine rings is 1. The number of nitrogens with zero attached hydrogens (tertiary/aromatic N) is 5. The summed E-state index contributed by atoms with van der Waals surface area (Å²) < 4.78 is 6.39. The van der Waals surface area contributed by atoms with Gasteiger partial charge in [0, 0.05) is 102 Å². The summed E-state index contributed by atoms with van der Waals surface area (Å²) >= 11 is 0. The maximum atomic E-state index is 13.2. The number of likely N-dealkylation sites (tertiary alicyclic amines) is 1. The quantitative estimate of drug-likeness (QED) is 0.416. The zero-order valence-electron chi connectivity index (χ0n) is 23.7. The van der Waals surface area contributed by atoms with Crippen LogP contribution in [0.1, 0.15) is 47.2 Å². The molecule has 3 saturated heterocycles. The van der Waals surface area contributed by atoms with Crippen molar-refractivity contribution in [2.24, 2.45) is 0 Å². The highest BCUT2D eigenvalue weighted by molar-refractivity contribution is 5.99. The van der Waals surface area contributed by atoms with Gasteiger partial charge in [0.2, 0.25) is 5.91 Å². The van der Waals surface area contributed by atoms with Crippen LogP contribution in [0.3, 0.4) is 0 Å². The number of benzene rings is 2. The lowest BCUT2D eigenvalue weighted by Gasteiger charge is -2.35. The smallest absolute Gasteiger partial charge is 0.253 e. The third-order valence-electron chi connectivity index (χ3n) is 8.41. The van der Waals surface area contributed by atoms with Gasteiger partial charge in [0.1, 0.15) is 11.9 Å². The van der Waals surface area contributed by atoms with Crippen LogP contribution in [0.5, 0.6) is 5.75 Å². The lowest BCUT2D eigenvalue weighted by molar-refractivity contribution is -0.117. The predicted octanol–water partition coefficient (Wildman–Crippen LogP) is 4.21. The van der Waals surface area contributed by atoms with Crippen molar-refractivity contribution in [2.45, 2.75) is 44.9 Å². The number of anilines is 1. The van der Waals surface area contributed by atoms with Gasteiger partial charge in [-0.05, 0) is 53.9 Å². The molecule has 3 fully saturated rings. The number of rotatable bonds is 8. The van der Waals surface area contributed by atoms with Crippen LogP contribution in [0.2, 0.25) is 0 Å². The summed E-state index contributed by atoms with van der Waals surface area (Å²) in [7, 11) is 0. The second-order valence-electron chi connectivity index (χ2n) is 11.4. The summed E-state index contributed by atoms with van der Waals surface area (Å²) in [6.45, 7) is 8.16. The van der Waals surface area contributed by atoms with Crippen molar-refractivity contribution < 1.29 is 14.3 Å². The first-order valence-corrected chi connectivity index (χ1v) is 14.9. The number of carbonyl (C=O) groups excluding carboxylic acids is 2. The molecule has 2 aromatic carbocycles. The molecule has 0 N–H and O–H groups in total. The van der Waals surface area contributed by atoms with Crippen LogP contribution in [0.4, 0.5) is 5.69 Å². The largest absolute Gasteiger partial charge is 0.490 e. The molecule has 0 spiro atoms. The third-order valence-corrected chi connectivity index (χ3v) is 8.41. The first-order valence-electron chi connectivity index (χ1n) is 14.9. The van der Waals surface area contributed by atoms with Crippen molar-refractivity contribution in [1.29, 1.82) is 0 Å². The van der Waals surface area contributed by atoms with Crippen LogP contribution < -0.4 is 9.64 Å². The zero-order chi connectivity index (χ0) is 28.0. The number of hydrogen-bond acceptors (Lipinski definition) is 6. The monoisotopic (exact) mass is 553 g/mol. The lowest BCUT2D eigenvalue weighted by Crippen LogP contribution is -2.45. The Morgan fingerprint density at radius 2 is 1.56 bits per heavy atom. The summed E-state index contributed by atoms with van der Waals surface area (Å²) in [4.78, 5) is 38.3. The molecule has 214 valence electrons. The number of carbonyl (C=O) groups is 2.